The van der Waals surface area contributed by atoms with Crippen LogP contribution >= 0.6 is 0 Å². The number of rotatable bonds is 4. The average molecular weight is 311 g/mol. The lowest BCUT2D eigenvalue weighted by Gasteiger charge is -2.17. The van der Waals surface area contributed by atoms with Gasteiger partial charge in [-0.15, -0.1) is 0 Å². The summed E-state index contributed by atoms with van der Waals surface area (Å²) in [5, 5.41) is 4.63. The number of benzene rings is 1. The SMILES string of the molecule is Cc1ccc(CN(C)C(=O)Cn2ncc(=O)c3ccccc32)o1. The zero-order valence-electron chi connectivity index (χ0n) is 13.0. The maximum Gasteiger partial charge on any atom is 0.244 e. The van der Waals surface area contributed by atoms with Crippen LogP contribution in [0.25, 0.3) is 10.9 Å². The summed E-state index contributed by atoms with van der Waals surface area (Å²) in [6.45, 7) is 2.32. The molecule has 6 heteroatoms. The van der Waals surface area contributed by atoms with Crippen LogP contribution in [0.4, 0.5) is 0 Å². The number of nitrogens with zero attached hydrogens (tertiary/aromatic N) is 3. The Morgan fingerprint density at radius 3 is 2.78 bits per heavy atom. The van der Waals surface area contributed by atoms with Crippen molar-refractivity contribution in [2.24, 2.45) is 0 Å². The first-order valence-corrected chi connectivity index (χ1v) is 7.29. The normalized spacial score (nSPS) is 10.9. The predicted octanol–water partition coefficient (Wildman–Crippen LogP) is 1.96. The third-order valence-corrected chi connectivity index (χ3v) is 3.66. The molecule has 0 saturated heterocycles. The second-order valence-corrected chi connectivity index (χ2v) is 5.45. The van der Waals surface area contributed by atoms with Crippen molar-refractivity contribution < 1.29 is 9.21 Å². The van der Waals surface area contributed by atoms with Crippen LogP contribution in [-0.2, 0) is 17.9 Å². The topological polar surface area (TPSA) is 68.3 Å². The van der Waals surface area contributed by atoms with Crippen molar-refractivity contribution in [1.82, 2.24) is 14.7 Å². The number of para-hydroxylation sites is 1. The molecule has 118 valence electrons. The van der Waals surface area contributed by atoms with Crippen molar-refractivity contribution >= 4 is 16.8 Å². The number of hydrogen-bond donors (Lipinski definition) is 0. The Morgan fingerprint density at radius 1 is 1.26 bits per heavy atom. The van der Waals surface area contributed by atoms with E-state index in [0.717, 1.165) is 11.5 Å². The molecule has 1 aromatic carbocycles. The summed E-state index contributed by atoms with van der Waals surface area (Å²) < 4.78 is 7.03. The summed E-state index contributed by atoms with van der Waals surface area (Å²) >= 11 is 0. The predicted molar refractivity (Wildman–Crippen MR) is 85.9 cm³/mol. The third-order valence-electron chi connectivity index (χ3n) is 3.66. The fourth-order valence-electron chi connectivity index (χ4n) is 2.43. The van der Waals surface area contributed by atoms with Gasteiger partial charge in [0.1, 0.15) is 18.1 Å². The van der Waals surface area contributed by atoms with Crippen LogP contribution in [0.5, 0.6) is 0 Å². The molecule has 0 saturated carbocycles. The maximum absolute atomic E-state index is 12.4. The van der Waals surface area contributed by atoms with Crippen molar-refractivity contribution in [3.8, 4) is 0 Å². The Morgan fingerprint density at radius 2 is 2.04 bits per heavy atom. The molecule has 23 heavy (non-hydrogen) atoms. The summed E-state index contributed by atoms with van der Waals surface area (Å²) in [5.74, 6) is 1.44. The highest BCUT2D eigenvalue weighted by atomic mass is 16.3. The van der Waals surface area contributed by atoms with E-state index in [0.29, 0.717) is 17.4 Å². The quantitative estimate of drug-likeness (QED) is 0.738. The van der Waals surface area contributed by atoms with E-state index in [1.54, 1.807) is 34.8 Å². The van der Waals surface area contributed by atoms with E-state index in [4.69, 9.17) is 4.42 Å². The zero-order chi connectivity index (χ0) is 16.4. The first kappa shape index (κ1) is 15.0. The average Bonchev–Trinajstić information content (AvgIpc) is 2.95. The van der Waals surface area contributed by atoms with E-state index in [9.17, 15) is 9.59 Å². The van der Waals surface area contributed by atoms with Gasteiger partial charge in [0, 0.05) is 12.4 Å². The summed E-state index contributed by atoms with van der Waals surface area (Å²) in [6.07, 6.45) is 1.24. The van der Waals surface area contributed by atoms with Gasteiger partial charge in [0.2, 0.25) is 11.3 Å². The Bertz CT molecular complexity index is 911. The van der Waals surface area contributed by atoms with E-state index in [-0.39, 0.29) is 17.9 Å². The molecule has 0 atom stereocenters. The molecule has 0 aliphatic rings. The lowest BCUT2D eigenvalue weighted by molar-refractivity contribution is -0.131. The molecule has 0 fully saturated rings. The van der Waals surface area contributed by atoms with Crippen LogP contribution in [0.2, 0.25) is 0 Å². The standard InChI is InChI=1S/C17H17N3O3/c1-12-7-8-13(23-12)10-19(2)17(22)11-20-15-6-4-3-5-14(15)16(21)9-18-20/h3-9H,10-11H2,1-2H3. The number of fused-ring (bicyclic) bond motifs is 1. The van der Waals surface area contributed by atoms with Gasteiger partial charge in [-0.3, -0.25) is 14.3 Å². The van der Waals surface area contributed by atoms with Crippen LogP contribution in [0.1, 0.15) is 11.5 Å². The first-order chi connectivity index (χ1) is 11.0. The van der Waals surface area contributed by atoms with Crippen molar-refractivity contribution in [2.75, 3.05) is 7.05 Å². The molecule has 3 rings (SSSR count). The van der Waals surface area contributed by atoms with Gasteiger partial charge in [0.15, 0.2) is 0 Å². The smallest absolute Gasteiger partial charge is 0.244 e. The molecule has 0 bridgehead atoms. The highest BCUT2D eigenvalue weighted by molar-refractivity contribution is 5.81. The monoisotopic (exact) mass is 311 g/mol. The molecule has 0 spiro atoms. The van der Waals surface area contributed by atoms with Crippen molar-refractivity contribution in [3.63, 3.8) is 0 Å². The van der Waals surface area contributed by atoms with Gasteiger partial charge in [0.05, 0.1) is 18.3 Å². The van der Waals surface area contributed by atoms with Crippen molar-refractivity contribution in [2.45, 2.75) is 20.0 Å². The number of carbonyl (C=O) groups is 1. The lowest BCUT2D eigenvalue weighted by atomic mass is 10.2. The fraction of sp³-hybridized carbons (Fsp3) is 0.235. The van der Waals surface area contributed by atoms with Crippen LogP contribution in [-0.4, -0.2) is 27.6 Å². The van der Waals surface area contributed by atoms with Gasteiger partial charge in [-0.1, -0.05) is 12.1 Å². The molecule has 6 nitrogen and oxygen atoms in total. The fourth-order valence-corrected chi connectivity index (χ4v) is 2.43. The summed E-state index contributed by atoms with van der Waals surface area (Å²) in [6, 6.07) is 10.8. The van der Waals surface area contributed by atoms with Crippen LogP contribution < -0.4 is 5.43 Å². The minimum Gasteiger partial charge on any atom is -0.464 e. The molecule has 0 aliphatic heterocycles. The second-order valence-electron chi connectivity index (χ2n) is 5.45. The van der Waals surface area contributed by atoms with Gasteiger partial charge in [-0.05, 0) is 31.2 Å². The molecule has 0 unspecified atom stereocenters. The van der Waals surface area contributed by atoms with Gasteiger partial charge in [-0.2, -0.15) is 5.10 Å². The Kier molecular flexibility index (Phi) is 3.97. The zero-order valence-corrected chi connectivity index (χ0v) is 13.0. The number of furan rings is 1. The van der Waals surface area contributed by atoms with Crippen LogP contribution in [0.15, 0.2) is 51.8 Å². The van der Waals surface area contributed by atoms with E-state index < -0.39 is 0 Å². The van der Waals surface area contributed by atoms with Crippen molar-refractivity contribution in [1.29, 1.82) is 0 Å². The van der Waals surface area contributed by atoms with Crippen LogP contribution in [0, 0.1) is 6.92 Å². The van der Waals surface area contributed by atoms with E-state index >= 15 is 0 Å². The maximum atomic E-state index is 12.4. The molecule has 3 aromatic rings. The summed E-state index contributed by atoms with van der Waals surface area (Å²) in [5.41, 5.74) is 0.499. The first-order valence-electron chi connectivity index (χ1n) is 7.29. The number of carbonyl (C=O) groups excluding carboxylic acids is 1. The second kappa shape index (κ2) is 6.08. The highest BCUT2D eigenvalue weighted by Crippen LogP contribution is 2.11. The van der Waals surface area contributed by atoms with E-state index in [1.807, 2.05) is 25.1 Å². The lowest BCUT2D eigenvalue weighted by Crippen LogP contribution is -2.30. The molecule has 0 N–H and O–H groups in total. The Hall–Kier alpha value is -2.89. The van der Waals surface area contributed by atoms with Crippen molar-refractivity contribution in [3.05, 3.63) is 64.3 Å². The van der Waals surface area contributed by atoms with Gasteiger partial charge in [-0.25, -0.2) is 0 Å². The van der Waals surface area contributed by atoms with E-state index in [2.05, 4.69) is 5.10 Å². The molecular weight excluding hydrogens is 294 g/mol. The molecule has 0 aliphatic carbocycles. The number of aromatic nitrogens is 2. The highest BCUT2D eigenvalue weighted by Gasteiger charge is 2.13. The largest absolute Gasteiger partial charge is 0.464 e. The third kappa shape index (κ3) is 3.15. The summed E-state index contributed by atoms with van der Waals surface area (Å²) in [7, 11) is 1.71. The number of aryl methyl sites for hydroxylation is 1. The molecule has 2 aromatic heterocycles. The number of amides is 1. The Balaban J connectivity index is 1.80. The van der Waals surface area contributed by atoms with E-state index in [1.165, 1.54) is 6.20 Å². The molecular formula is C17H17N3O3. The molecule has 1 amide bonds. The summed E-state index contributed by atoms with van der Waals surface area (Å²) in [4.78, 5) is 25.8. The minimum absolute atomic E-state index is 0.0665. The van der Waals surface area contributed by atoms with Gasteiger partial charge >= 0.3 is 0 Å². The molecule has 0 radical (unpaired) electrons. The molecule has 2 heterocycles. The van der Waals surface area contributed by atoms with Gasteiger partial charge < -0.3 is 9.32 Å². The number of likely N-dealkylation sites (N-methyl/N-ethyl adjacent to an activating group) is 1. The minimum atomic E-state index is -0.149. The number of hydrogen-bond acceptors (Lipinski definition) is 4. The Labute approximate surface area is 132 Å². The van der Waals surface area contributed by atoms with Gasteiger partial charge in [0.25, 0.3) is 0 Å². The van der Waals surface area contributed by atoms with Crippen LogP contribution in [0.3, 0.4) is 0 Å².